The van der Waals surface area contributed by atoms with Crippen LogP contribution in [0.3, 0.4) is 0 Å². The summed E-state index contributed by atoms with van der Waals surface area (Å²) in [4.78, 5) is 16.9. The number of carbonyl (C=O) groups excluding carboxylic acids is 1. The number of rotatable bonds is 7. The van der Waals surface area contributed by atoms with Crippen LogP contribution < -0.4 is 0 Å². The average Bonchev–Trinajstić information content (AvgIpc) is 3.52. The molecule has 6 heteroatoms. The van der Waals surface area contributed by atoms with Gasteiger partial charge in [-0.05, 0) is 35.4 Å². The first kappa shape index (κ1) is 23.2. The van der Waals surface area contributed by atoms with Crippen LogP contribution in [-0.4, -0.2) is 60.2 Å². The molecule has 0 aliphatic carbocycles. The number of carbonyl (C=O) groups is 1. The Bertz CT molecular complexity index is 986. The van der Waals surface area contributed by atoms with Crippen molar-refractivity contribution >= 4 is 28.6 Å². The van der Waals surface area contributed by atoms with Gasteiger partial charge in [-0.1, -0.05) is 42.0 Å². The van der Waals surface area contributed by atoms with Crippen LogP contribution in [0.15, 0.2) is 59.3 Å². The zero-order valence-corrected chi connectivity index (χ0v) is 20.8. The van der Waals surface area contributed by atoms with Gasteiger partial charge in [-0.3, -0.25) is 4.79 Å². The number of hydrogen-bond donors (Lipinski definition) is 1. The van der Waals surface area contributed by atoms with E-state index in [1.807, 2.05) is 39.9 Å². The Balaban J connectivity index is 1.41. The maximum atomic E-state index is 13.6. The zero-order chi connectivity index (χ0) is 22.8. The quantitative estimate of drug-likeness (QED) is 0.511. The van der Waals surface area contributed by atoms with Gasteiger partial charge in [0.15, 0.2) is 0 Å². The van der Waals surface area contributed by atoms with Crippen molar-refractivity contribution in [2.75, 3.05) is 33.7 Å². The molecule has 0 unspecified atom stereocenters. The minimum Gasteiger partial charge on any atom is -0.371 e. The van der Waals surface area contributed by atoms with E-state index in [4.69, 9.17) is 0 Å². The molecule has 3 aromatic rings. The second kappa shape index (κ2) is 9.48. The van der Waals surface area contributed by atoms with E-state index in [0.717, 1.165) is 30.3 Å². The molecule has 32 heavy (non-hydrogen) atoms. The highest BCUT2D eigenvalue weighted by molar-refractivity contribution is 7.12. The molecule has 1 amide bonds. The minimum absolute atomic E-state index is 0.189. The van der Waals surface area contributed by atoms with Gasteiger partial charge in [0.2, 0.25) is 5.60 Å². The summed E-state index contributed by atoms with van der Waals surface area (Å²) < 4.78 is 0.954. The number of nitrogens with zero attached hydrogens (tertiary/aromatic N) is 2. The number of benzene rings is 1. The third kappa shape index (κ3) is 4.69. The standard InChI is InChI=1S/C26H33N2O2S2/c1-20-7-4-8-21(19-20)13-16-28(2,3)22-11-14-27(15-12-22)25(29)26(30,23-9-5-17-31-23)24-10-6-18-32-24/h4-10,17-19,22,30H,11-16H2,1-3H3/q+1. The summed E-state index contributed by atoms with van der Waals surface area (Å²) in [5.74, 6) is -0.189. The van der Waals surface area contributed by atoms with E-state index in [-0.39, 0.29) is 5.91 Å². The number of aryl methyl sites for hydroxylation is 1. The Hall–Kier alpha value is -1.99. The Morgan fingerprint density at radius 2 is 1.69 bits per heavy atom. The van der Waals surface area contributed by atoms with E-state index in [0.29, 0.717) is 28.9 Å². The van der Waals surface area contributed by atoms with Crippen LogP contribution in [0.1, 0.15) is 33.7 Å². The van der Waals surface area contributed by atoms with Gasteiger partial charge in [0, 0.05) is 32.4 Å². The van der Waals surface area contributed by atoms with Crippen molar-refractivity contribution in [1.29, 1.82) is 0 Å². The summed E-state index contributed by atoms with van der Waals surface area (Å²) in [6.45, 7) is 4.60. The summed E-state index contributed by atoms with van der Waals surface area (Å²) in [7, 11) is 4.62. The van der Waals surface area contributed by atoms with Crippen molar-refractivity contribution in [1.82, 2.24) is 4.90 Å². The number of quaternary nitrogens is 1. The number of aliphatic hydroxyl groups is 1. The average molecular weight is 470 g/mol. The molecule has 0 atom stereocenters. The van der Waals surface area contributed by atoms with E-state index in [1.54, 1.807) is 0 Å². The van der Waals surface area contributed by atoms with Gasteiger partial charge in [-0.2, -0.15) is 0 Å². The van der Waals surface area contributed by atoms with Crippen LogP contribution in [0, 0.1) is 6.92 Å². The van der Waals surface area contributed by atoms with E-state index >= 15 is 0 Å². The van der Waals surface area contributed by atoms with Crippen molar-refractivity contribution in [3.63, 3.8) is 0 Å². The second-order valence-electron chi connectivity index (χ2n) is 9.43. The molecule has 4 nitrogen and oxygen atoms in total. The predicted octanol–water partition coefficient (Wildman–Crippen LogP) is 4.66. The fourth-order valence-corrected chi connectivity index (χ4v) is 6.49. The van der Waals surface area contributed by atoms with Crippen LogP contribution >= 0.6 is 22.7 Å². The summed E-state index contributed by atoms with van der Waals surface area (Å²) in [5.41, 5.74) is 1.12. The lowest BCUT2D eigenvalue weighted by molar-refractivity contribution is -0.916. The number of likely N-dealkylation sites (N-methyl/N-ethyl adjacent to an activating group) is 1. The van der Waals surface area contributed by atoms with Gasteiger partial charge in [0.25, 0.3) is 5.91 Å². The smallest absolute Gasteiger partial charge is 0.265 e. The van der Waals surface area contributed by atoms with Gasteiger partial charge >= 0.3 is 0 Å². The molecule has 1 fully saturated rings. The van der Waals surface area contributed by atoms with Crippen molar-refractivity contribution in [3.05, 3.63) is 80.2 Å². The maximum Gasteiger partial charge on any atom is 0.265 e. The van der Waals surface area contributed by atoms with E-state index in [9.17, 15) is 9.90 Å². The first-order valence-electron chi connectivity index (χ1n) is 11.3. The monoisotopic (exact) mass is 469 g/mol. The summed E-state index contributed by atoms with van der Waals surface area (Å²) >= 11 is 2.87. The fraction of sp³-hybridized carbons (Fsp3) is 0.423. The van der Waals surface area contributed by atoms with Gasteiger partial charge < -0.3 is 14.5 Å². The zero-order valence-electron chi connectivity index (χ0n) is 19.2. The first-order valence-corrected chi connectivity index (χ1v) is 13.0. The molecule has 1 N–H and O–H groups in total. The third-order valence-electron chi connectivity index (χ3n) is 6.86. The molecule has 4 rings (SSSR count). The van der Waals surface area contributed by atoms with Crippen molar-refractivity contribution in [2.24, 2.45) is 0 Å². The molecule has 0 bridgehead atoms. The minimum atomic E-state index is -1.58. The Morgan fingerprint density at radius 3 is 2.22 bits per heavy atom. The first-order chi connectivity index (χ1) is 15.3. The van der Waals surface area contributed by atoms with Crippen LogP contribution in [0.4, 0.5) is 0 Å². The predicted molar refractivity (Wildman–Crippen MR) is 133 cm³/mol. The van der Waals surface area contributed by atoms with Crippen LogP contribution in [0.25, 0.3) is 0 Å². The van der Waals surface area contributed by atoms with Crippen molar-refractivity contribution < 1.29 is 14.4 Å². The second-order valence-corrected chi connectivity index (χ2v) is 11.3. The van der Waals surface area contributed by atoms with E-state index in [2.05, 4.69) is 45.3 Å². The van der Waals surface area contributed by atoms with Gasteiger partial charge in [-0.15, -0.1) is 22.7 Å². The molecular formula is C26H33N2O2S2+. The molecule has 0 spiro atoms. The molecule has 3 heterocycles. The molecule has 1 aromatic carbocycles. The van der Waals surface area contributed by atoms with E-state index in [1.165, 1.54) is 33.8 Å². The topological polar surface area (TPSA) is 40.5 Å². The molecule has 1 aliphatic heterocycles. The number of thiophene rings is 2. The molecular weight excluding hydrogens is 436 g/mol. The SMILES string of the molecule is Cc1cccc(CC[N+](C)(C)C2CCN(C(=O)C(O)(c3cccs3)c3cccs3)CC2)c1. The summed E-state index contributed by atoms with van der Waals surface area (Å²) in [6, 6.07) is 16.8. The molecule has 0 saturated carbocycles. The molecule has 2 aromatic heterocycles. The lowest BCUT2D eigenvalue weighted by atomic mass is 9.94. The summed E-state index contributed by atoms with van der Waals surface area (Å²) in [6.07, 6.45) is 2.97. The molecule has 1 saturated heterocycles. The normalized spacial score (nSPS) is 15.8. The van der Waals surface area contributed by atoms with Crippen molar-refractivity contribution in [3.8, 4) is 0 Å². The summed E-state index contributed by atoms with van der Waals surface area (Å²) in [5, 5.41) is 15.5. The molecule has 170 valence electrons. The lowest BCUT2D eigenvalue weighted by Gasteiger charge is -2.44. The fourth-order valence-electron chi connectivity index (χ4n) is 4.77. The molecule has 1 aliphatic rings. The Morgan fingerprint density at radius 1 is 1.06 bits per heavy atom. The third-order valence-corrected chi connectivity index (χ3v) is 8.82. The number of piperidine rings is 1. The van der Waals surface area contributed by atoms with E-state index < -0.39 is 5.60 Å². The van der Waals surface area contributed by atoms with Gasteiger partial charge in [0.05, 0.1) is 36.4 Å². The number of amides is 1. The lowest BCUT2D eigenvalue weighted by Crippen LogP contribution is -2.57. The number of likely N-dealkylation sites (tertiary alicyclic amines) is 1. The van der Waals surface area contributed by atoms with Crippen molar-refractivity contribution in [2.45, 2.75) is 37.8 Å². The van der Waals surface area contributed by atoms with Gasteiger partial charge in [0.1, 0.15) is 0 Å². The Labute approximate surface area is 199 Å². The van der Waals surface area contributed by atoms with Crippen LogP contribution in [0.5, 0.6) is 0 Å². The van der Waals surface area contributed by atoms with Crippen LogP contribution in [-0.2, 0) is 16.8 Å². The highest BCUT2D eigenvalue weighted by Crippen LogP contribution is 2.38. The van der Waals surface area contributed by atoms with Crippen LogP contribution in [0.2, 0.25) is 0 Å². The van der Waals surface area contributed by atoms with Gasteiger partial charge in [-0.25, -0.2) is 0 Å². The maximum absolute atomic E-state index is 13.6. The number of hydrogen-bond acceptors (Lipinski definition) is 4. The highest BCUT2D eigenvalue weighted by atomic mass is 32.1. The Kier molecular flexibility index (Phi) is 6.86. The molecule has 0 radical (unpaired) electrons. The largest absolute Gasteiger partial charge is 0.371 e. The highest BCUT2D eigenvalue weighted by Gasteiger charge is 2.46.